The SMILES string of the molecule is Nc1ccc(NC(=O)NC[C@@H]2CCCO2)cc1. The van der Waals surface area contributed by atoms with Crippen molar-refractivity contribution < 1.29 is 9.53 Å². The molecule has 17 heavy (non-hydrogen) atoms. The van der Waals surface area contributed by atoms with Crippen molar-refractivity contribution >= 4 is 17.4 Å². The summed E-state index contributed by atoms with van der Waals surface area (Å²) in [5.74, 6) is 0. The molecule has 1 heterocycles. The highest BCUT2D eigenvalue weighted by molar-refractivity contribution is 5.89. The molecule has 1 aliphatic rings. The van der Waals surface area contributed by atoms with Gasteiger partial charge in [-0.3, -0.25) is 0 Å². The highest BCUT2D eigenvalue weighted by Gasteiger charge is 2.15. The number of carbonyl (C=O) groups is 1. The maximum absolute atomic E-state index is 11.5. The predicted molar refractivity (Wildman–Crippen MR) is 66.8 cm³/mol. The van der Waals surface area contributed by atoms with Gasteiger partial charge in [0, 0.05) is 24.5 Å². The first-order valence-electron chi connectivity index (χ1n) is 5.76. The van der Waals surface area contributed by atoms with E-state index in [1.54, 1.807) is 24.3 Å². The fourth-order valence-corrected chi connectivity index (χ4v) is 1.75. The molecule has 1 aromatic carbocycles. The lowest BCUT2D eigenvalue weighted by atomic mass is 10.2. The lowest BCUT2D eigenvalue weighted by Crippen LogP contribution is -2.34. The Bertz CT molecular complexity index is 372. The Balaban J connectivity index is 1.74. The standard InChI is InChI=1S/C12H17N3O2/c13-9-3-5-10(6-4-9)15-12(16)14-8-11-2-1-7-17-11/h3-6,11H,1-2,7-8,13H2,(H2,14,15,16)/t11-/m0/s1. The van der Waals surface area contributed by atoms with Crippen LogP contribution in [0.5, 0.6) is 0 Å². The summed E-state index contributed by atoms with van der Waals surface area (Å²) in [5.41, 5.74) is 6.96. The quantitative estimate of drug-likeness (QED) is 0.696. The molecule has 0 radical (unpaired) electrons. The lowest BCUT2D eigenvalue weighted by molar-refractivity contribution is 0.112. The van der Waals surface area contributed by atoms with Gasteiger partial charge in [-0.1, -0.05) is 0 Å². The molecule has 1 atom stereocenters. The Morgan fingerprint density at radius 2 is 2.18 bits per heavy atom. The van der Waals surface area contributed by atoms with E-state index in [0.717, 1.165) is 25.1 Å². The van der Waals surface area contributed by atoms with Crippen molar-refractivity contribution in [2.24, 2.45) is 0 Å². The van der Waals surface area contributed by atoms with Gasteiger partial charge in [0.15, 0.2) is 0 Å². The van der Waals surface area contributed by atoms with E-state index in [0.29, 0.717) is 12.2 Å². The van der Waals surface area contributed by atoms with Crippen LogP contribution < -0.4 is 16.4 Å². The highest BCUT2D eigenvalue weighted by Crippen LogP contribution is 2.11. The van der Waals surface area contributed by atoms with Gasteiger partial charge in [-0.05, 0) is 37.1 Å². The summed E-state index contributed by atoms with van der Waals surface area (Å²) in [4.78, 5) is 11.5. The zero-order chi connectivity index (χ0) is 12.1. The Hall–Kier alpha value is -1.75. The van der Waals surface area contributed by atoms with Crippen LogP contribution in [-0.4, -0.2) is 25.3 Å². The average molecular weight is 235 g/mol. The van der Waals surface area contributed by atoms with Crippen LogP contribution in [0.25, 0.3) is 0 Å². The summed E-state index contributed by atoms with van der Waals surface area (Å²) in [7, 11) is 0. The molecule has 1 aliphatic heterocycles. The topological polar surface area (TPSA) is 76.4 Å². The van der Waals surface area contributed by atoms with Crippen molar-refractivity contribution in [3.05, 3.63) is 24.3 Å². The number of ether oxygens (including phenoxy) is 1. The Kier molecular flexibility index (Phi) is 3.82. The molecule has 0 aliphatic carbocycles. The first kappa shape index (κ1) is 11.7. The summed E-state index contributed by atoms with van der Waals surface area (Å²) < 4.78 is 5.41. The summed E-state index contributed by atoms with van der Waals surface area (Å²) in [5, 5.41) is 5.51. The van der Waals surface area contributed by atoms with Crippen LogP contribution in [0.4, 0.5) is 16.2 Å². The summed E-state index contributed by atoms with van der Waals surface area (Å²) in [6.07, 6.45) is 2.25. The summed E-state index contributed by atoms with van der Waals surface area (Å²) in [6.45, 7) is 1.35. The average Bonchev–Trinajstić information content (AvgIpc) is 2.83. The number of nitrogens with one attached hydrogen (secondary N) is 2. The molecule has 5 nitrogen and oxygen atoms in total. The molecular formula is C12H17N3O2. The van der Waals surface area contributed by atoms with Gasteiger partial charge in [0.1, 0.15) is 0 Å². The van der Waals surface area contributed by atoms with Crippen LogP contribution in [0.3, 0.4) is 0 Å². The lowest BCUT2D eigenvalue weighted by Gasteiger charge is -2.11. The van der Waals surface area contributed by atoms with E-state index in [9.17, 15) is 4.79 Å². The van der Waals surface area contributed by atoms with Gasteiger partial charge in [-0.2, -0.15) is 0 Å². The third kappa shape index (κ3) is 3.64. The van der Waals surface area contributed by atoms with Gasteiger partial charge >= 0.3 is 6.03 Å². The molecule has 1 saturated heterocycles. The molecule has 92 valence electrons. The number of urea groups is 1. The van der Waals surface area contributed by atoms with E-state index in [1.807, 2.05) is 0 Å². The second kappa shape index (κ2) is 5.54. The van der Waals surface area contributed by atoms with Crippen molar-refractivity contribution in [2.45, 2.75) is 18.9 Å². The van der Waals surface area contributed by atoms with Crippen molar-refractivity contribution in [3.63, 3.8) is 0 Å². The first-order valence-corrected chi connectivity index (χ1v) is 5.76. The van der Waals surface area contributed by atoms with E-state index in [-0.39, 0.29) is 12.1 Å². The number of benzene rings is 1. The molecule has 2 amide bonds. The fraction of sp³-hybridized carbons (Fsp3) is 0.417. The summed E-state index contributed by atoms with van der Waals surface area (Å²) in [6, 6.07) is 6.80. The molecule has 0 saturated carbocycles. The van der Waals surface area contributed by atoms with Crippen LogP contribution in [0.2, 0.25) is 0 Å². The van der Waals surface area contributed by atoms with Gasteiger partial charge in [-0.25, -0.2) is 4.79 Å². The van der Waals surface area contributed by atoms with E-state index in [4.69, 9.17) is 10.5 Å². The molecule has 4 N–H and O–H groups in total. The largest absolute Gasteiger partial charge is 0.399 e. The van der Waals surface area contributed by atoms with Crippen LogP contribution in [-0.2, 0) is 4.74 Å². The Morgan fingerprint density at radius 1 is 1.41 bits per heavy atom. The molecule has 0 bridgehead atoms. The number of amides is 2. The van der Waals surface area contributed by atoms with E-state index >= 15 is 0 Å². The van der Waals surface area contributed by atoms with Crippen molar-refractivity contribution in [3.8, 4) is 0 Å². The zero-order valence-corrected chi connectivity index (χ0v) is 9.61. The zero-order valence-electron chi connectivity index (χ0n) is 9.61. The molecular weight excluding hydrogens is 218 g/mol. The second-order valence-corrected chi connectivity index (χ2v) is 4.09. The fourth-order valence-electron chi connectivity index (χ4n) is 1.75. The molecule has 0 unspecified atom stereocenters. The smallest absolute Gasteiger partial charge is 0.319 e. The van der Waals surface area contributed by atoms with Gasteiger partial charge < -0.3 is 21.1 Å². The molecule has 1 fully saturated rings. The van der Waals surface area contributed by atoms with E-state index < -0.39 is 0 Å². The summed E-state index contributed by atoms with van der Waals surface area (Å²) >= 11 is 0. The Morgan fingerprint density at radius 3 is 2.82 bits per heavy atom. The molecule has 5 heteroatoms. The number of nitrogen functional groups attached to an aromatic ring is 1. The van der Waals surface area contributed by atoms with Crippen LogP contribution in [0.15, 0.2) is 24.3 Å². The predicted octanol–water partition coefficient (Wildman–Crippen LogP) is 1.57. The van der Waals surface area contributed by atoms with Gasteiger partial charge in [-0.15, -0.1) is 0 Å². The van der Waals surface area contributed by atoms with E-state index in [1.165, 1.54) is 0 Å². The van der Waals surface area contributed by atoms with Crippen LogP contribution in [0.1, 0.15) is 12.8 Å². The minimum atomic E-state index is -0.217. The monoisotopic (exact) mass is 235 g/mol. The first-order chi connectivity index (χ1) is 8.24. The van der Waals surface area contributed by atoms with Gasteiger partial charge in [0.25, 0.3) is 0 Å². The number of hydrogen-bond donors (Lipinski definition) is 3. The number of anilines is 2. The van der Waals surface area contributed by atoms with Gasteiger partial charge in [0.2, 0.25) is 0 Å². The van der Waals surface area contributed by atoms with Crippen molar-refractivity contribution in [1.82, 2.24) is 5.32 Å². The third-order valence-electron chi connectivity index (χ3n) is 2.68. The second-order valence-electron chi connectivity index (χ2n) is 4.09. The molecule has 0 aromatic heterocycles. The highest BCUT2D eigenvalue weighted by atomic mass is 16.5. The van der Waals surface area contributed by atoms with E-state index in [2.05, 4.69) is 10.6 Å². The molecule has 1 aromatic rings. The minimum absolute atomic E-state index is 0.159. The number of hydrogen-bond acceptors (Lipinski definition) is 3. The van der Waals surface area contributed by atoms with Crippen LogP contribution in [0, 0.1) is 0 Å². The molecule has 2 rings (SSSR count). The van der Waals surface area contributed by atoms with Gasteiger partial charge in [0.05, 0.1) is 6.10 Å². The van der Waals surface area contributed by atoms with Crippen molar-refractivity contribution in [1.29, 1.82) is 0 Å². The Labute approximate surface area is 100 Å². The van der Waals surface area contributed by atoms with Crippen LogP contribution >= 0.6 is 0 Å². The number of rotatable bonds is 3. The normalized spacial score (nSPS) is 18.9. The minimum Gasteiger partial charge on any atom is -0.399 e. The molecule has 0 spiro atoms. The maximum atomic E-state index is 11.5. The number of nitrogens with two attached hydrogens (primary N) is 1. The third-order valence-corrected chi connectivity index (χ3v) is 2.68. The maximum Gasteiger partial charge on any atom is 0.319 e. The van der Waals surface area contributed by atoms with Crippen molar-refractivity contribution in [2.75, 3.05) is 24.2 Å². The number of carbonyl (C=O) groups excluding carboxylic acids is 1.